The smallest absolute Gasteiger partial charge is 0.306 e. The fourth-order valence-electron chi connectivity index (χ4n) is 1.96. The minimum atomic E-state index is -1.10. The van der Waals surface area contributed by atoms with Gasteiger partial charge in [-0.1, -0.05) is 6.92 Å². The van der Waals surface area contributed by atoms with Crippen molar-refractivity contribution in [2.45, 2.75) is 39.2 Å². The lowest BCUT2D eigenvalue weighted by Gasteiger charge is -2.23. The van der Waals surface area contributed by atoms with Crippen LogP contribution in [0.5, 0.6) is 0 Å². The molecule has 2 atom stereocenters. The first kappa shape index (κ1) is 14.0. The Morgan fingerprint density at radius 1 is 1.35 bits per heavy atom. The van der Waals surface area contributed by atoms with Gasteiger partial charge in [0.25, 0.3) is 5.91 Å². The van der Waals surface area contributed by atoms with E-state index in [-0.39, 0.29) is 18.3 Å². The maximum atomic E-state index is 11.8. The number of ether oxygens (including phenoxy) is 1. The number of hydrogen-bond donors (Lipinski definition) is 1. The molecule has 1 fully saturated rings. The Kier molecular flexibility index (Phi) is 5.41. The van der Waals surface area contributed by atoms with E-state index in [9.17, 15) is 14.7 Å². The summed E-state index contributed by atoms with van der Waals surface area (Å²) >= 11 is 0. The van der Waals surface area contributed by atoms with Crippen LogP contribution in [-0.2, 0) is 14.3 Å². The quantitative estimate of drug-likeness (QED) is 0.716. The SMILES string of the molecule is CCOC(=O)CC(C)C(O)C(=O)N1CCCC1. The fourth-order valence-corrected chi connectivity index (χ4v) is 1.96. The molecule has 1 rings (SSSR count). The molecule has 0 radical (unpaired) electrons. The molecule has 5 nitrogen and oxygen atoms in total. The number of carbonyl (C=O) groups is 2. The van der Waals surface area contributed by atoms with Gasteiger partial charge in [-0.2, -0.15) is 0 Å². The van der Waals surface area contributed by atoms with Crippen molar-refractivity contribution in [1.29, 1.82) is 0 Å². The van der Waals surface area contributed by atoms with Crippen LogP contribution in [0.25, 0.3) is 0 Å². The average molecular weight is 243 g/mol. The van der Waals surface area contributed by atoms with E-state index in [1.807, 2.05) is 0 Å². The zero-order valence-corrected chi connectivity index (χ0v) is 10.5. The molecule has 1 N–H and O–H groups in total. The lowest BCUT2D eigenvalue weighted by Crippen LogP contribution is -2.41. The van der Waals surface area contributed by atoms with Crippen molar-refractivity contribution in [3.05, 3.63) is 0 Å². The molecule has 1 aliphatic rings. The van der Waals surface area contributed by atoms with Crippen molar-refractivity contribution in [2.75, 3.05) is 19.7 Å². The van der Waals surface area contributed by atoms with Gasteiger partial charge in [0.2, 0.25) is 0 Å². The molecule has 1 aliphatic heterocycles. The zero-order valence-electron chi connectivity index (χ0n) is 10.5. The van der Waals surface area contributed by atoms with Crippen LogP contribution >= 0.6 is 0 Å². The first-order chi connectivity index (χ1) is 8.06. The van der Waals surface area contributed by atoms with E-state index in [0.717, 1.165) is 12.8 Å². The third kappa shape index (κ3) is 4.00. The monoisotopic (exact) mass is 243 g/mol. The molecule has 0 bridgehead atoms. The maximum Gasteiger partial charge on any atom is 0.306 e. The highest BCUT2D eigenvalue weighted by atomic mass is 16.5. The summed E-state index contributed by atoms with van der Waals surface area (Å²) in [6.45, 7) is 5.16. The topological polar surface area (TPSA) is 66.8 Å². The summed E-state index contributed by atoms with van der Waals surface area (Å²) in [4.78, 5) is 24.8. The minimum Gasteiger partial charge on any atom is -0.466 e. The summed E-state index contributed by atoms with van der Waals surface area (Å²) in [5.74, 6) is -1.03. The first-order valence-electron chi connectivity index (χ1n) is 6.18. The van der Waals surface area contributed by atoms with Crippen molar-refractivity contribution in [2.24, 2.45) is 5.92 Å². The Labute approximate surface area is 102 Å². The molecule has 0 aromatic rings. The second-order valence-corrected chi connectivity index (χ2v) is 4.46. The van der Waals surface area contributed by atoms with Gasteiger partial charge in [-0.15, -0.1) is 0 Å². The van der Waals surface area contributed by atoms with Crippen LogP contribution in [-0.4, -0.2) is 47.7 Å². The van der Waals surface area contributed by atoms with E-state index in [1.54, 1.807) is 18.7 Å². The molecule has 0 aromatic carbocycles. The van der Waals surface area contributed by atoms with Crippen molar-refractivity contribution in [1.82, 2.24) is 4.90 Å². The number of rotatable bonds is 5. The molecule has 0 spiro atoms. The Bertz CT molecular complexity index is 274. The number of likely N-dealkylation sites (tertiary alicyclic amines) is 1. The Hall–Kier alpha value is -1.10. The van der Waals surface area contributed by atoms with Gasteiger partial charge in [0.1, 0.15) is 6.10 Å². The molecular formula is C12H21NO4. The van der Waals surface area contributed by atoms with Crippen molar-refractivity contribution in [3.63, 3.8) is 0 Å². The van der Waals surface area contributed by atoms with Gasteiger partial charge < -0.3 is 14.7 Å². The van der Waals surface area contributed by atoms with Gasteiger partial charge in [0.15, 0.2) is 0 Å². The predicted molar refractivity (Wildman–Crippen MR) is 62.2 cm³/mol. The summed E-state index contributed by atoms with van der Waals surface area (Å²) in [6.07, 6.45) is 0.960. The Morgan fingerprint density at radius 2 is 1.94 bits per heavy atom. The Balaban J connectivity index is 2.41. The third-order valence-corrected chi connectivity index (χ3v) is 3.00. The molecule has 2 unspecified atom stereocenters. The molecule has 5 heteroatoms. The number of nitrogens with zero attached hydrogens (tertiary/aromatic N) is 1. The van der Waals surface area contributed by atoms with E-state index in [0.29, 0.717) is 19.7 Å². The molecule has 1 amide bonds. The van der Waals surface area contributed by atoms with E-state index in [1.165, 1.54) is 0 Å². The number of amides is 1. The highest BCUT2D eigenvalue weighted by Gasteiger charge is 2.30. The molecule has 17 heavy (non-hydrogen) atoms. The predicted octanol–water partition coefficient (Wildman–Crippen LogP) is 0.559. The lowest BCUT2D eigenvalue weighted by molar-refractivity contribution is -0.148. The van der Waals surface area contributed by atoms with Gasteiger partial charge in [0, 0.05) is 19.0 Å². The standard InChI is InChI=1S/C12H21NO4/c1-3-17-10(14)8-9(2)11(15)12(16)13-6-4-5-7-13/h9,11,15H,3-8H2,1-2H3. The molecule has 0 aliphatic carbocycles. The number of carbonyl (C=O) groups excluding carboxylic acids is 2. The van der Waals surface area contributed by atoms with Crippen molar-refractivity contribution >= 4 is 11.9 Å². The van der Waals surface area contributed by atoms with Crippen LogP contribution in [0.15, 0.2) is 0 Å². The van der Waals surface area contributed by atoms with Crippen molar-refractivity contribution in [3.8, 4) is 0 Å². The highest BCUT2D eigenvalue weighted by Crippen LogP contribution is 2.15. The minimum absolute atomic E-state index is 0.0780. The van der Waals surface area contributed by atoms with Gasteiger partial charge in [-0.05, 0) is 19.8 Å². The second kappa shape index (κ2) is 6.59. The van der Waals surface area contributed by atoms with Gasteiger partial charge in [0.05, 0.1) is 13.0 Å². The molecule has 0 aromatic heterocycles. The van der Waals surface area contributed by atoms with Crippen LogP contribution in [0.1, 0.15) is 33.1 Å². The summed E-state index contributed by atoms with van der Waals surface area (Å²) in [5.41, 5.74) is 0. The van der Waals surface area contributed by atoms with E-state index in [4.69, 9.17) is 4.74 Å². The molecule has 1 saturated heterocycles. The van der Waals surface area contributed by atoms with E-state index in [2.05, 4.69) is 0 Å². The summed E-state index contributed by atoms with van der Waals surface area (Å²) in [6, 6.07) is 0. The van der Waals surface area contributed by atoms with Crippen LogP contribution in [0, 0.1) is 5.92 Å². The Morgan fingerprint density at radius 3 is 2.47 bits per heavy atom. The second-order valence-electron chi connectivity index (χ2n) is 4.46. The molecule has 0 saturated carbocycles. The van der Waals surface area contributed by atoms with Crippen LogP contribution in [0.4, 0.5) is 0 Å². The summed E-state index contributed by atoms with van der Waals surface area (Å²) in [5, 5.41) is 9.86. The van der Waals surface area contributed by atoms with Crippen molar-refractivity contribution < 1.29 is 19.4 Å². The summed E-state index contributed by atoms with van der Waals surface area (Å²) in [7, 11) is 0. The van der Waals surface area contributed by atoms with Crippen LogP contribution in [0.3, 0.4) is 0 Å². The van der Waals surface area contributed by atoms with Crippen LogP contribution in [0.2, 0.25) is 0 Å². The molecule has 1 heterocycles. The fraction of sp³-hybridized carbons (Fsp3) is 0.833. The number of hydrogen-bond acceptors (Lipinski definition) is 4. The normalized spacial score (nSPS) is 18.9. The van der Waals surface area contributed by atoms with E-state index >= 15 is 0 Å². The largest absolute Gasteiger partial charge is 0.466 e. The van der Waals surface area contributed by atoms with Gasteiger partial charge in [-0.25, -0.2) is 0 Å². The number of aliphatic hydroxyl groups excluding tert-OH is 1. The molecule has 98 valence electrons. The van der Waals surface area contributed by atoms with Crippen LogP contribution < -0.4 is 0 Å². The zero-order chi connectivity index (χ0) is 12.8. The van der Waals surface area contributed by atoms with Gasteiger partial charge >= 0.3 is 5.97 Å². The number of aliphatic hydroxyl groups is 1. The number of esters is 1. The highest BCUT2D eigenvalue weighted by molar-refractivity contribution is 5.82. The third-order valence-electron chi connectivity index (χ3n) is 3.00. The molecular weight excluding hydrogens is 222 g/mol. The maximum absolute atomic E-state index is 11.8. The average Bonchev–Trinajstić information content (AvgIpc) is 2.80. The van der Waals surface area contributed by atoms with E-state index < -0.39 is 12.0 Å². The van der Waals surface area contributed by atoms with Gasteiger partial charge in [-0.3, -0.25) is 9.59 Å². The lowest BCUT2D eigenvalue weighted by atomic mass is 10.00. The summed E-state index contributed by atoms with van der Waals surface area (Å²) < 4.78 is 4.79. The first-order valence-corrected chi connectivity index (χ1v) is 6.18.